The Balaban J connectivity index is 0.859. The number of aromatic nitrogens is 5. The molecular formula is C61H41N5. The topological polar surface area (TPSA) is 64.5 Å². The fourth-order valence-electron chi connectivity index (χ4n) is 8.27. The van der Waals surface area contributed by atoms with Crippen LogP contribution in [-0.2, 0) is 0 Å². The van der Waals surface area contributed by atoms with E-state index in [-0.39, 0.29) is 0 Å². The van der Waals surface area contributed by atoms with Gasteiger partial charge in [0.1, 0.15) is 0 Å². The van der Waals surface area contributed by atoms with Crippen molar-refractivity contribution in [3.8, 4) is 112 Å². The first-order valence-electron chi connectivity index (χ1n) is 22.0. The monoisotopic (exact) mass is 843 g/mol. The number of nitrogens with zero attached hydrogens (tertiary/aromatic N) is 5. The van der Waals surface area contributed by atoms with Crippen molar-refractivity contribution in [2.75, 3.05) is 0 Å². The van der Waals surface area contributed by atoms with Crippen molar-refractivity contribution < 1.29 is 0 Å². The Hall–Kier alpha value is -8.93. The Morgan fingerprint density at radius 3 is 0.894 bits per heavy atom. The first kappa shape index (κ1) is 39.9. The number of hydrogen-bond acceptors (Lipinski definition) is 5. The highest BCUT2D eigenvalue weighted by Crippen LogP contribution is 2.34. The van der Waals surface area contributed by atoms with Gasteiger partial charge in [-0.3, -0.25) is 9.97 Å². The summed E-state index contributed by atoms with van der Waals surface area (Å²) in [6.45, 7) is 0. The van der Waals surface area contributed by atoms with Gasteiger partial charge in [-0.05, 0) is 74.8 Å². The van der Waals surface area contributed by atoms with E-state index in [4.69, 9.17) is 24.9 Å². The molecule has 0 amide bonds. The first-order chi connectivity index (χ1) is 32.7. The van der Waals surface area contributed by atoms with Gasteiger partial charge in [0, 0.05) is 40.2 Å². The van der Waals surface area contributed by atoms with Crippen LogP contribution in [0.4, 0.5) is 0 Å². The second-order valence-corrected chi connectivity index (χ2v) is 16.1. The molecule has 310 valence electrons. The maximum absolute atomic E-state index is 5.14. The van der Waals surface area contributed by atoms with Crippen molar-refractivity contribution in [2.45, 2.75) is 0 Å². The molecule has 5 heteroatoms. The zero-order chi connectivity index (χ0) is 44.1. The highest BCUT2D eigenvalue weighted by molar-refractivity contribution is 5.79. The summed E-state index contributed by atoms with van der Waals surface area (Å²) in [6.07, 6.45) is 3.85. The molecular weight excluding hydrogens is 803 g/mol. The lowest BCUT2D eigenvalue weighted by molar-refractivity contribution is 1.18. The fraction of sp³-hybridized carbons (Fsp3) is 0. The molecule has 0 saturated heterocycles. The van der Waals surface area contributed by atoms with Crippen molar-refractivity contribution in [2.24, 2.45) is 0 Å². The number of hydrogen-bond donors (Lipinski definition) is 0. The third kappa shape index (κ3) is 8.57. The van der Waals surface area contributed by atoms with Gasteiger partial charge in [0.15, 0.2) is 5.82 Å². The molecule has 66 heavy (non-hydrogen) atoms. The lowest BCUT2D eigenvalue weighted by Gasteiger charge is -2.11. The van der Waals surface area contributed by atoms with E-state index in [2.05, 4.69) is 170 Å². The van der Waals surface area contributed by atoms with Crippen LogP contribution in [0.5, 0.6) is 0 Å². The summed E-state index contributed by atoms with van der Waals surface area (Å²) in [5.41, 5.74) is 19.0. The van der Waals surface area contributed by atoms with Gasteiger partial charge in [-0.2, -0.15) is 0 Å². The lowest BCUT2D eigenvalue weighted by atomic mass is 9.98. The fourth-order valence-corrected chi connectivity index (χ4v) is 8.27. The van der Waals surface area contributed by atoms with Gasteiger partial charge in [-0.15, -0.1) is 0 Å². The predicted octanol–water partition coefficient (Wildman–Crippen LogP) is 15.3. The van der Waals surface area contributed by atoms with Crippen LogP contribution in [0.2, 0.25) is 0 Å². The molecule has 11 rings (SSSR count). The molecule has 0 bridgehead atoms. The minimum Gasteiger partial charge on any atom is -0.254 e. The van der Waals surface area contributed by atoms with Gasteiger partial charge < -0.3 is 0 Å². The van der Waals surface area contributed by atoms with Crippen LogP contribution in [0.1, 0.15) is 0 Å². The van der Waals surface area contributed by atoms with E-state index in [1.54, 1.807) is 0 Å². The van der Waals surface area contributed by atoms with Crippen molar-refractivity contribution >= 4 is 0 Å². The molecule has 0 spiro atoms. The highest BCUT2D eigenvalue weighted by atomic mass is 14.9. The predicted molar refractivity (Wildman–Crippen MR) is 270 cm³/mol. The Morgan fingerprint density at radius 2 is 0.485 bits per heavy atom. The second-order valence-electron chi connectivity index (χ2n) is 16.1. The maximum atomic E-state index is 5.14. The molecule has 0 saturated carbocycles. The molecule has 5 nitrogen and oxygen atoms in total. The SMILES string of the molecule is c1ccc(-c2ccc(-c3cc(-c4ccc(-c5ccccc5)cn4)nc(-c4ccc(-c5ccc(-c6ccc(-c7cc(-c8ccccc8)nc(-c8ccccc8)n7)cc6)cc5)cn4)c3)cc2)cc1. The van der Waals surface area contributed by atoms with Crippen molar-refractivity contribution in [3.05, 3.63) is 249 Å². The van der Waals surface area contributed by atoms with Crippen LogP contribution in [0, 0.1) is 0 Å². The van der Waals surface area contributed by atoms with E-state index in [1.165, 1.54) is 11.1 Å². The summed E-state index contributed by atoms with van der Waals surface area (Å²) in [7, 11) is 0. The summed E-state index contributed by atoms with van der Waals surface area (Å²) in [6, 6.07) is 81.8. The van der Waals surface area contributed by atoms with Crippen LogP contribution in [0.3, 0.4) is 0 Å². The van der Waals surface area contributed by atoms with Crippen molar-refractivity contribution in [1.29, 1.82) is 0 Å². The molecule has 0 fully saturated rings. The van der Waals surface area contributed by atoms with Gasteiger partial charge in [-0.25, -0.2) is 15.0 Å². The zero-order valence-electron chi connectivity index (χ0n) is 35.9. The molecule has 0 aliphatic carbocycles. The normalized spacial score (nSPS) is 11.0. The van der Waals surface area contributed by atoms with Crippen LogP contribution in [-0.4, -0.2) is 24.9 Å². The first-order valence-corrected chi connectivity index (χ1v) is 22.0. The van der Waals surface area contributed by atoms with Gasteiger partial charge >= 0.3 is 0 Å². The van der Waals surface area contributed by atoms with E-state index < -0.39 is 0 Å². The molecule has 7 aromatic carbocycles. The van der Waals surface area contributed by atoms with E-state index in [9.17, 15) is 0 Å². The van der Waals surface area contributed by atoms with Crippen LogP contribution in [0.15, 0.2) is 249 Å². The Bertz CT molecular complexity index is 3220. The average Bonchev–Trinajstić information content (AvgIpc) is 3.42. The molecule has 4 heterocycles. The maximum Gasteiger partial charge on any atom is 0.160 e. The average molecular weight is 844 g/mol. The molecule has 0 radical (unpaired) electrons. The summed E-state index contributed by atoms with van der Waals surface area (Å²) < 4.78 is 0. The second kappa shape index (κ2) is 18.0. The summed E-state index contributed by atoms with van der Waals surface area (Å²) >= 11 is 0. The van der Waals surface area contributed by atoms with Gasteiger partial charge in [0.05, 0.1) is 34.2 Å². The molecule has 0 atom stereocenters. The van der Waals surface area contributed by atoms with Crippen molar-refractivity contribution in [1.82, 2.24) is 24.9 Å². The van der Waals surface area contributed by atoms with Gasteiger partial charge in [-0.1, -0.05) is 206 Å². The quantitative estimate of drug-likeness (QED) is 0.137. The Labute approximate surface area is 384 Å². The molecule has 0 aliphatic heterocycles. The van der Waals surface area contributed by atoms with Crippen LogP contribution in [0.25, 0.3) is 112 Å². The minimum atomic E-state index is 0.705. The van der Waals surface area contributed by atoms with Gasteiger partial charge in [0.2, 0.25) is 0 Å². The van der Waals surface area contributed by atoms with Gasteiger partial charge in [0.25, 0.3) is 0 Å². The standard InChI is InChI=1S/C61H41N5/c1-5-13-42(14-6-1)44-23-27-48(28-24-44)54-37-59(55-35-33-52(40-62-55)43-15-7-2-8-16-43)64-60(38-54)56-36-34-53(41-63-56)47-25-21-45(22-26-47)46-29-31-50(32-30-46)58-39-57(49-17-9-3-10-18-49)65-61(66-58)51-19-11-4-12-20-51/h1-41H. The zero-order valence-corrected chi connectivity index (χ0v) is 35.9. The number of rotatable bonds is 10. The highest BCUT2D eigenvalue weighted by Gasteiger charge is 2.14. The van der Waals surface area contributed by atoms with Crippen molar-refractivity contribution in [3.63, 3.8) is 0 Å². The van der Waals surface area contributed by atoms with E-state index >= 15 is 0 Å². The molecule has 4 aromatic heterocycles. The summed E-state index contributed by atoms with van der Waals surface area (Å²) in [5.74, 6) is 0.705. The molecule has 11 aromatic rings. The Kier molecular flexibility index (Phi) is 10.9. The molecule has 0 unspecified atom stereocenters. The van der Waals surface area contributed by atoms with E-state index in [1.807, 2.05) is 79.1 Å². The third-order valence-electron chi connectivity index (χ3n) is 11.9. The minimum absolute atomic E-state index is 0.705. The number of pyridine rings is 3. The lowest BCUT2D eigenvalue weighted by Crippen LogP contribution is -1.95. The molecule has 0 N–H and O–H groups in total. The summed E-state index contributed by atoms with van der Waals surface area (Å²) in [5, 5.41) is 0. The molecule has 0 aliphatic rings. The third-order valence-corrected chi connectivity index (χ3v) is 11.9. The van der Waals surface area contributed by atoms with Crippen LogP contribution < -0.4 is 0 Å². The summed E-state index contributed by atoms with van der Waals surface area (Å²) in [4.78, 5) is 25.0. The smallest absolute Gasteiger partial charge is 0.160 e. The van der Waals surface area contributed by atoms with E-state index in [0.717, 1.165) is 95.4 Å². The van der Waals surface area contributed by atoms with Crippen LogP contribution >= 0.6 is 0 Å². The number of benzene rings is 7. The Morgan fingerprint density at radius 1 is 0.182 bits per heavy atom. The van der Waals surface area contributed by atoms with E-state index in [0.29, 0.717) is 5.82 Å². The largest absolute Gasteiger partial charge is 0.254 e.